The predicted octanol–water partition coefficient (Wildman–Crippen LogP) is 3.49. The Hall–Kier alpha value is -3.24. The van der Waals surface area contributed by atoms with E-state index in [1.807, 2.05) is 24.5 Å². The molecule has 1 saturated heterocycles. The van der Waals surface area contributed by atoms with Gasteiger partial charge in [0.15, 0.2) is 0 Å². The highest BCUT2D eigenvalue weighted by Gasteiger charge is 2.46. The Kier molecular flexibility index (Phi) is 4.29. The molecule has 146 valence electrons. The standard InChI is InChI=1S/C22H22N6O/c1-14-8-16(4-7-29-14)22(10-17-12-24-5-6-25-17)27-20-13-26-19-3-2-15(11-23)9-18(19)21(20)28-22/h2-3,5-6,9,12-14,16,27-28H,4,7-8,10H2,1H3/t14-,16-,22?/m1/s1. The molecule has 7 heteroatoms. The first kappa shape index (κ1) is 17.8. The summed E-state index contributed by atoms with van der Waals surface area (Å²) < 4.78 is 5.81. The molecule has 2 aliphatic rings. The van der Waals surface area contributed by atoms with Crippen molar-refractivity contribution >= 4 is 22.3 Å². The van der Waals surface area contributed by atoms with E-state index >= 15 is 0 Å². The molecule has 2 aromatic heterocycles. The van der Waals surface area contributed by atoms with Crippen LogP contribution in [0.5, 0.6) is 0 Å². The maximum absolute atomic E-state index is 9.34. The van der Waals surface area contributed by atoms with E-state index in [-0.39, 0.29) is 6.10 Å². The number of hydrogen-bond acceptors (Lipinski definition) is 7. The lowest BCUT2D eigenvalue weighted by molar-refractivity contribution is -0.0106. The van der Waals surface area contributed by atoms with Crippen molar-refractivity contribution in [1.29, 1.82) is 5.26 Å². The summed E-state index contributed by atoms with van der Waals surface area (Å²) in [4.78, 5) is 13.4. The summed E-state index contributed by atoms with van der Waals surface area (Å²) in [6.45, 7) is 2.87. The molecule has 7 nitrogen and oxygen atoms in total. The fourth-order valence-electron chi connectivity index (χ4n) is 4.58. The minimum atomic E-state index is -0.408. The van der Waals surface area contributed by atoms with E-state index in [4.69, 9.17) is 4.74 Å². The van der Waals surface area contributed by atoms with Gasteiger partial charge in [0, 0.05) is 42.9 Å². The maximum atomic E-state index is 9.34. The molecule has 4 heterocycles. The second kappa shape index (κ2) is 6.98. The summed E-state index contributed by atoms with van der Waals surface area (Å²) in [5.41, 5.74) is 3.96. The number of fused-ring (bicyclic) bond motifs is 3. The van der Waals surface area contributed by atoms with E-state index in [1.165, 1.54) is 0 Å². The van der Waals surface area contributed by atoms with Crippen molar-refractivity contribution in [1.82, 2.24) is 15.0 Å². The maximum Gasteiger partial charge on any atom is 0.117 e. The SMILES string of the molecule is C[C@@H]1C[C@H](C2(Cc3cnccn3)Nc3cnc4ccc(C#N)cc4c3N2)CCO1. The monoisotopic (exact) mass is 386 g/mol. The second-order valence-corrected chi connectivity index (χ2v) is 7.89. The molecule has 1 fully saturated rings. The van der Waals surface area contributed by atoms with Crippen LogP contribution in [0.2, 0.25) is 0 Å². The van der Waals surface area contributed by atoms with Crippen LogP contribution in [0.15, 0.2) is 43.0 Å². The minimum absolute atomic E-state index is 0.208. The van der Waals surface area contributed by atoms with Crippen molar-refractivity contribution < 1.29 is 4.74 Å². The minimum Gasteiger partial charge on any atom is -0.378 e. The molecule has 2 aliphatic heterocycles. The molecule has 3 atom stereocenters. The van der Waals surface area contributed by atoms with Crippen LogP contribution in [0.4, 0.5) is 11.4 Å². The van der Waals surface area contributed by atoms with Crippen LogP contribution in [0, 0.1) is 17.2 Å². The largest absolute Gasteiger partial charge is 0.378 e. The first-order chi connectivity index (χ1) is 14.2. The molecule has 0 amide bonds. The highest BCUT2D eigenvalue weighted by Crippen LogP contribution is 2.45. The van der Waals surface area contributed by atoms with Crippen molar-refractivity contribution in [3.63, 3.8) is 0 Å². The molecule has 1 aromatic carbocycles. The third-order valence-electron chi connectivity index (χ3n) is 5.96. The molecule has 1 unspecified atom stereocenters. The molecule has 0 aliphatic carbocycles. The van der Waals surface area contributed by atoms with E-state index in [0.717, 1.165) is 47.4 Å². The topological polar surface area (TPSA) is 95.8 Å². The number of pyridine rings is 1. The number of ether oxygens (including phenoxy) is 1. The lowest BCUT2D eigenvalue weighted by Crippen LogP contribution is -2.53. The third-order valence-corrected chi connectivity index (χ3v) is 5.96. The fraction of sp³-hybridized carbons (Fsp3) is 0.364. The van der Waals surface area contributed by atoms with Gasteiger partial charge in [-0.25, -0.2) is 0 Å². The van der Waals surface area contributed by atoms with Crippen molar-refractivity contribution in [3.05, 3.63) is 54.2 Å². The zero-order valence-electron chi connectivity index (χ0n) is 16.2. The van der Waals surface area contributed by atoms with Crippen LogP contribution in [0.25, 0.3) is 10.9 Å². The number of nitrogens with zero attached hydrogens (tertiary/aromatic N) is 4. The molecule has 0 saturated carbocycles. The number of nitrogens with one attached hydrogen (secondary N) is 2. The van der Waals surface area contributed by atoms with Crippen LogP contribution >= 0.6 is 0 Å². The Morgan fingerprint density at radius 2 is 2.17 bits per heavy atom. The molecule has 5 rings (SSSR count). The van der Waals surface area contributed by atoms with Crippen LogP contribution in [0.1, 0.15) is 31.0 Å². The number of nitriles is 1. The average molecular weight is 386 g/mol. The summed E-state index contributed by atoms with van der Waals surface area (Å²) in [7, 11) is 0. The van der Waals surface area contributed by atoms with Crippen molar-refractivity contribution in [2.75, 3.05) is 17.2 Å². The number of benzene rings is 1. The zero-order chi connectivity index (χ0) is 19.8. The van der Waals surface area contributed by atoms with Crippen LogP contribution in [-0.2, 0) is 11.2 Å². The van der Waals surface area contributed by atoms with Crippen LogP contribution < -0.4 is 10.6 Å². The van der Waals surface area contributed by atoms with E-state index in [2.05, 4.69) is 38.6 Å². The van der Waals surface area contributed by atoms with Gasteiger partial charge in [0.1, 0.15) is 5.66 Å². The molecule has 0 spiro atoms. The van der Waals surface area contributed by atoms with Gasteiger partial charge in [0.05, 0.1) is 46.5 Å². The first-order valence-corrected chi connectivity index (χ1v) is 9.92. The smallest absolute Gasteiger partial charge is 0.117 e. The lowest BCUT2D eigenvalue weighted by Gasteiger charge is -2.42. The number of aromatic nitrogens is 3. The number of rotatable bonds is 3. The predicted molar refractivity (Wildman–Crippen MR) is 110 cm³/mol. The van der Waals surface area contributed by atoms with E-state index in [0.29, 0.717) is 17.9 Å². The lowest BCUT2D eigenvalue weighted by atomic mass is 9.81. The zero-order valence-corrected chi connectivity index (χ0v) is 16.2. The molecular weight excluding hydrogens is 364 g/mol. The van der Waals surface area contributed by atoms with Gasteiger partial charge in [-0.3, -0.25) is 15.0 Å². The normalized spacial score (nSPS) is 25.7. The Labute approximate surface area is 169 Å². The molecular formula is C22H22N6O. The third kappa shape index (κ3) is 3.15. The van der Waals surface area contributed by atoms with Gasteiger partial charge in [-0.2, -0.15) is 5.26 Å². The van der Waals surface area contributed by atoms with Gasteiger partial charge >= 0.3 is 0 Å². The Balaban J connectivity index is 1.59. The summed E-state index contributed by atoms with van der Waals surface area (Å²) in [5, 5.41) is 17.8. The van der Waals surface area contributed by atoms with Gasteiger partial charge in [-0.05, 0) is 38.0 Å². The molecule has 2 N–H and O–H groups in total. The van der Waals surface area contributed by atoms with E-state index in [1.54, 1.807) is 18.5 Å². The van der Waals surface area contributed by atoms with E-state index in [9.17, 15) is 5.26 Å². The van der Waals surface area contributed by atoms with Crippen molar-refractivity contribution in [3.8, 4) is 6.07 Å². The van der Waals surface area contributed by atoms with Gasteiger partial charge in [0.25, 0.3) is 0 Å². The average Bonchev–Trinajstić information content (AvgIpc) is 3.14. The quantitative estimate of drug-likeness (QED) is 0.711. The summed E-state index contributed by atoms with van der Waals surface area (Å²) in [6.07, 6.45) is 9.91. The van der Waals surface area contributed by atoms with Crippen molar-refractivity contribution in [2.45, 2.75) is 38.0 Å². The summed E-state index contributed by atoms with van der Waals surface area (Å²) >= 11 is 0. The first-order valence-electron chi connectivity index (χ1n) is 9.92. The fourth-order valence-corrected chi connectivity index (χ4v) is 4.58. The van der Waals surface area contributed by atoms with Gasteiger partial charge in [-0.1, -0.05) is 0 Å². The van der Waals surface area contributed by atoms with Gasteiger partial charge < -0.3 is 15.4 Å². The number of hydrogen-bond donors (Lipinski definition) is 2. The van der Waals surface area contributed by atoms with Crippen molar-refractivity contribution in [2.24, 2.45) is 5.92 Å². The van der Waals surface area contributed by atoms with Gasteiger partial charge in [0.2, 0.25) is 0 Å². The molecule has 0 radical (unpaired) electrons. The summed E-state index contributed by atoms with van der Waals surface area (Å²) in [5.74, 6) is 0.342. The highest BCUT2D eigenvalue weighted by molar-refractivity contribution is 6.00. The molecule has 29 heavy (non-hydrogen) atoms. The second-order valence-electron chi connectivity index (χ2n) is 7.89. The highest BCUT2D eigenvalue weighted by atomic mass is 16.5. The van der Waals surface area contributed by atoms with E-state index < -0.39 is 5.66 Å². The van der Waals surface area contributed by atoms with Crippen LogP contribution in [0.3, 0.4) is 0 Å². The molecule has 0 bridgehead atoms. The Morgan fingerprint density at radius 1 is 1.24 bits per heavy atom. The summed E-state index contributed by atoms with van der Waals surface area (Å²) in [6, 6.07) is 7.83. The van der Waals surface area contributed by atoms with Gasteiger partial charge in [-0.15, -0.1) is 0 Å². The molecule has 3 aromatic rings. The Morgan fingerprint density at radius 3 is 2.97 bits per heavy atom. The van der Waals surface area contributed by atoms with Crippen LogP contribution in [-0.4, -0.2) is 33.3 Å². The number of anilines is 2. The Bertz CT molecular complexity index is 1100.